The van der Waals surface area contributed by atoms with Gasteiger partial charge < -0.3 is 4.90 Å². The smallest absolute Gasteiger partial charge is 0.258 e. The molecule has 0 atom stereocenters. The first-order chi connectivity index (χ1) is 12.6. The fourth-order valence-electron chi connectivity index (χ4n) is 3.29. The topological polar surface area (TPSA) is 75.5 Å². The number of carbonyl (C=O) groups excluding carboxylic acids is 1. The molecule has 1 aliphatic rings. The highest BCUT2D eigenvalue weighted by molar-refractivity contribution is 7.89. The van der Waals surface area contributed by atoms with E-state index in [1.54, 1.807) is 31.9 Å². The number of piperazine rings is 1. The number of halogens is 1. The number of aromatic nitrogens is 2. The van der Waals surface area contributed by atoms with E-state index in [0.717, 1.165) is 11.1 Å². The van der Waals surface area contributed by atoms with Crippen LogP contribution in [0.15, 0.2) is 23.1 Å². The monoisotopic (exact) mass is 410 g/mol. The summed E-state index contributed by atoms with van der Waals surface area (Å²) in [4.78, 5) is 14.8. The van der Waals surface area contributed by atoms with Crippen LogP contribution in [0.2, 0.25) is 5.15 Å². The first kappa shape index (κ1) is 19.9. The van der Waals surface area contributed by atoms with E-state index >= 15 is 0 Å². The van der Waals surface area contributed by atoms with E-state index in [1.807, 2.05) is 19.1 Å². The molecule has 1 saturated heterocycles. The number of benzene rings is 1. The Morgan fingerprint density at radius 2 is 1.74 bits per heavy atom. The minimum absolute atomic E-state index is 0.214. The Kier molecular flexibility index (Phi) is 5.33. The van der Waals surface area contributed by atoms with Crippen molar-refractivity contribution in [2.24, 2.45) is 7.05 Å². The van der Waals surface area contributed by atoms with E-state index in [9.17, 15) is 13.2 Å². The Morgan fingerprint density at radius 3 is 2.30 bits per heavy atom. The van der Waals surface area contributed by atoms with Gasteiger partial charge in [0.05, 0.1) is 16.2 Å². The molecule has 0 radical (unpaired) electrons. The molecule has 3 rings (SSSR count). The third-order valence-electron chi connectivity index (χ3n) is 4.85. The zero-order valence-corrected chi connectivity index (χ0v) is 17.4. The Bertz CT molecular complexity index is 992. The van der Waals surface area contributed by atoms with Crippen molar-refractivity contribution in [2.45, 2.75) is 25.7 Å². The molecule has 0 bridgehead atoms. The fraction of sp³-hybridized carbons (Fsp3) is 0.444. The minimum Gasteiger partial charge on any atom is -0.336 e. The lowest BCUT2D eigenvalue weighted by Crippen LogP contribution is -2.50. The van der Waals surface area contributed by atoms with Gasteiger partial charge in [-0.25, -0.2) is 8.42 Å². The molecule has 0 unspecified atom stereocenters. The van der Waals surface area contributed by atoms with Gasteiger partial charge in [0.1, 0.15) is 5.15 Å². The number of aryl methyl sites for hydroxylation is 4. The summed E-state index contributed by atoms with van der Waals surface area (Å²) in [5.41, 5.74) is 2.56. The van der Waals surface area contributed by atoms with Crippen LogP contribution < -0.4 is 0 Å². The molecule has 0 spiro atoms. The molecule has 27 heavy (non-hydrogen) atoms. The summed E-state index contributed by atoms with van der Waals surface area (Å²) in [7, 11) is -1.91. The largest absolute Gasteiger partial charge is 0.336 e. The van der Waals surface area contributed by atoms with Gasteiger partial charge >= 0.3 is 0 Å². The van der Waals surface area contributed by atoms with Crippen LogP contribution in [0.4, 0.5) is 0 Å². The van der Waals surface area contributed by atoms with Crippen molar-refractivity contribution in [3.8, 4) is 0 Å². The normalized spacial score (nSPS) is 16.0. The van der Waals surface area contributed by atoms with Gasteiger partial charge in [-0.1, -0.05) is 23.7 Å². The van der Waals surface area contributed by atoms with E-state index in [1.165, 1.54) is 8.99 Å². The van der Waals surface area contributed by atoms with E-state index in [0.29, 0.717) is 34.4 Å². The predicted octanol–water partition coefficient (Wildman–Crippen LogP) is 2.15. The average Bonchev–Trinajstić information content (AvgIpc) is 2.88. The van der Waals surface area contributed by atoms with Gasteiger partial charge in [0.2, 0.25) is 10.0 Å². The highest BCUT2D eigenvalue weighted by atomic mass is 35.5. The Morgan fingerprint density at radius 1 is 1.11 bits per heavy atom. The average molecular weight is 411 g/mol. The van der Waals surface area contributed by atoms with Crippen molar-refractivity contribution in [1.82, 2.24) is 19.0 Å². The Hall–Kier alpha value is -1.90. The molecule has 2 heterocycles. The summed E-state index contributed by atoms with van der Waals surface area (Å²) in [6.07, 6.45) is 0. The fourth-order valence-corrected chi connectivity index (χ4v) is 5.27. The number of sulfonamides is 1. The van der Waals surface area contributed by atoms with Gasteiger partial charge in [0, 0.05) is 33.2 Å². The molecule has 0 N–H and O–H groups in total. The Balaban J connectivity index is 1.77. The van der Waals surface area contributed by atoms with Crippen molar-refractivity contribution in [3.05, 3.63) is 45.7 Å². The van der Waals surface area contributed by atoms with Crippen LogP contribution in [0.5, 0.6) is 0 Å². The highest BCUT2D eigenvalue weighted by Gasteiger charge is 2.33. The van der Waals surface area contributed by atoms with Gasteiger partial charge in [0.15, 0.2) is 0 Å². The van der Waals surface area contributed by atoms with Crippen LogP contribution >= 0.6 is 11.6 Å². The molecular weight excluding hydrogens is 388 g/mol. The first-order valence-corrected chi connectivity index (χ1v) is 10.5. The lowest BCUT2D eigenvalue weighted by Gasteiger charge is -2.34. The maximum Gasteiger partial charge on any atom is 0.258 e. The van der Waals surface area contributed by atoms with Gasteiger partial charge in [-0.3, -0.25) is 9.48 Å². The molecular formula is C18H23ClN4O3S. The number of amides is 1. The van der Waals surface area contributed by atoms with E-state index in [-0.39, 0.29) is 19.0 Å². The standard InChI is InChI=1S/C18H23ClN4O3S/c1-12-5-6-13(2)15(11-12)27(25,26)23-9-7-22(8-10-23)18(24)16-14(3)20-21(4)17(16)19/h5-6,11H,7-10H2,1-4H3. The zero-order valence-electron chi connectivity index (χ0n) is 15.9. The van der Waals surface area contributed by atoms with Crippen molar-refractivity contribution in [2.75, 3.05) is 26.2 Å². The summed E-state index contributed by atoms with van der Waals surface area (Å²) in [6, 6.07) is 5.40. The molecule has 7 nitrogen and oxygen atoms in total. The summed E-state index contributed by atoms with van der Waals surface area (Å²) >= 11 is 6.19. The predicted molar refractivity (Wildman–Crippen MR) is 104 cm³/mol. The van der Waals surface area contributed by atoms with Crippen molar-refractivity contribution < 1.29 is 13.2 Å². The second kappa shape index (κ2) is 7.26. The summed E-state index contributed by atoms with van der Waals surface area (Å²) in [5, 5.41) is 4.46. The van der Waals surface area contributed by atoms with Crippen LogP contribution in [0.3, 0.4) is 0 Å². The lowest BCUT2D eigenvalue weighted by atomic mass is 10.2. The maximum absolute atomic E-state index is 13.0. The molecule has 1 aliphatic heterocycles. The summed E-state index contributed by atoms with van der Waals surface area (Å²) in [6.45, 7) is 6.52. The van der Waals surface area contributed by atoms with E-state index in [4.69, 9.17) is 11.6 Å². The molecule has 1 amide bonds. The molecule has 1 aromatic heterocycles. The number of hydrogen-bond acceptors (Lipinski definition) is 4. The Labute approximate surface area is 164 Å². The van der Waals surface area contributed by atoms with Crippen LogP contribution in [0.25, 0.3) is 0 Å². The molecule has 1 fully saturated rings. The van der Waals surface area contributed by atoms with Crippen molar-refractivity contribution in [3.63, 3.8) is 0 Å². The zero-order chi connectivity index (χ0) is 19.9. The quantitative estimate of drug-likeness (QED) is 0.776. The van der Waals surface area contributed by atoms with Crippen LogP contribution in [-0.2, 0) is 17.1 Å². The van der Waals surface area contributed by atoms with Gasteiger partial charge in [-0.2, -0.15) is 9.40 Å². The second-order valence-corrected chi connectivity index (χ2v) is 9.10. The highest BCUT2D eigenvalue weighted by Crippen LogP contribution is 2.24. The molecule has 9 heteroatoms. The first-order valence-electron chi connectivity index (χ1n) is 8.68. The number of nitrogens with zero attached hydrogens (tertiary/aromatic N) is 4. The minimum atomic E-state index is -3.59. The number of rotatable bonds is 3. The van der Waals surface area contributed by atoms with Gasteiger partial charge in [-0.15, -0.1) is 0 Å². The third-order valence-corrected chi connectivity index (χ3v) is 7.33. The van der Waals surface area contributed by atoms with Crippen LogP contribution in [-0.4, -0.2) is 59.5 Å². The SMILES string of the molecule is Cc1ccc(C)c(S(=O)(=O)N2CCN(C(=O)c3c(C)nn(C)c3Cl)CC2)c1. The molecule has 2 aromatic rings. The molecule has 1 aromatic carbocycles. The third kappa shape index (κ3) is 3.61. The van der Waals surface area contributed by atoms with Crippen molar-refractivity contribution >= 4 is 27.5 Å². The van der Waals surface area contributed by atoms with E-state index in [2.05, 4.69) is 5.10 Å². The molecule has 0 aliphatic carbocycles. The number of hydrogen-bond donors (Lipinski definition) is 0. The lowest BCUT2D eigenvalue weighted by molar-refractivity contribution is 0.0697. The van der Waals surface area contributed by atoms with Gasteiger partial charge in [0.25, 0.3) is 5.91 Å². The number of carbonyl (C=O) groups is 1. The van der Waals surface area contributed by atoms with Crippen molar-refractivity contribution in [1.29, 1.82) is 0 Å². The molecule has 0 saturated carbocycles. The summed E-state index contributed by atoms with van der Waals surface area (Å²) < 4.78 is 28.9. The molecule has 146 valence electrons. The van der Waals surface area contributed by atoms with Crippen LogP contribution in [0, 0.1) is 20.8 Å². The van der Waals surface area contributed by atoms with Crippen LogP contribution in [0.1, 0.15) is 27.2 Å². The maximum atomic E-state index is 13.0. The summed E-state index contributed by atoms with van der Waals surface area (Å²) in [5.74, 6) is -0.214. The second-order valence-electron chi connectivity index (χ2n) is 6.84. The van der Waals surface area contributed by atoms with E-state index < -0.39 is 10.0 Å². The van der Waals surface area contributed by atoms with Gasteiger partial charge in [-0.05, 0) is 38.0 Å².